The average Bonchev–Trinajstić information content (AvgIpc) is 3.21. The molecule has 0 bridgehead atoms. The maximum Gasteiger partial charge on any atom is 0.258 e. The normalized spacial score (nSPS) is 13.2. The Labute approximate surface area is 189 Å². The molecule has 0 aliphatic carbocycles. The maximum atomic E-state index is 14.6. The van der Waals surface area contributed by atoms with E-state index in [1.165, 1.54) is 41.3 Å². The minimum Gasteiger partial charge on any atom is -0.322 e. The van der Waals surface area contributed by atoms with Gasteiger partial charge in [-0.1, -0.05) is 18.2 Å². The van der Waals surface area contributed by atoms with E-state index in [2.05, 4.69) is 10.6 Å². The highest BCUT2D eigenvalue weighted by Gasteiger charge is 2.24. The number of carbonyl (C=O) groups excluding carboxylic acids is 3. The van der Waals surface area contributed by atoms with Crippen molar-refractivity contribution in [2.24, 2.45) is 0 Å². The van der Waals surface area contributed by atoms with Gasteiger partial charge in [0.15, 0.2) is 0 Å². The van der Waals surface area contributed by atoms with Gasteiger partial charge < -0.3 is 15.5 Å². The molecule has 0 spiro atoms. The van der Waals surface area contributed by atoms with Crippen LogP contribution in [0, 0.1) is 18.6 Å². The van der Waals surface area contributed by atoms with Crippen molar-refractivity contribution in [1.82, 2.24) is 0 Å². The largest absolute Gasteiger partial charge is 0.322 e. The van der Waals surface area contributed by atoms with Crippen LogP contribution in [-0.2, 0) is 4.79 Å². The average molecular weight is 449 g/mol. The van der Waals surface area contributed by atoms with Gasteiger partial charge in [0.1, 0.15) is 11.6 Å². The van der Waals surface area contributed by atoms with Gasteiger partial charge in [-0.25, -0.2) is 8.78 Å². The molecule has 1 heterocycles. The van der Waals surface area contributed by atoms with Crippen LogP contribution < -0.4 is 15.5 Å². The Kier molecular flexibility index (Phi) is 6.17. The maximum absolute atomic E-state index is 14.6. The first-order valence-corrected chi connectivity index (χ1v) is 10.4. The minimum atomic E-state index is -0.650. The van der Waals surface area contributed by atoms with Gasteiger partial charge in [0.05, 0.1) is 11.3 Å². The molecular formula is C25H21F2N3O3. The third-order valence-corrected chi connectivity index (χ3v) is 5.44. The molecule has 3 aromatic rings. The van der Waals surface area contributed by atoms with Crippen LogP contribution in [0.5, 0.6) is 0 Å². The van der Waals surface area contributed by atoms with E-state index in [1.54, 1.807) is 25.1 Å². The highest BCUT2D eigenvalue weighted by Crippen LogP contribution is 2.27. The van der Waals surface area contributed by atoms with Crippen molar-refractivity contribution in [2.45, 2.75) is 19.8 Å². The van der Waals surface area contributed by atoms with Gasteiger partial charge >= 0.3 is 0 Å². The molecule has 6 nitrogen and oxygen atoms in total. The molecule has 0 aromatic heterocycles. The van der Waals surface area contributed by atoms with Gasteiger partial charge in [0, 0.05) is 29.9 Å². The smallest absolute Gasteiger partial charge is 0.258 e. The van der Waals surface area contributed by atoms with E-state index in [0.717, 1.165) is 6.07 Å². The van der Waals surface area contributed by atoms with Crippen molar-refractivity contribution in [3.8, 4) is 0 Å². The number of nitrogens with one attached hydrogen (secondary N) is 2. The summed E-state index contributed by atoms with van der Waals surface area (Å²) in [5.74, 6) is -2.54. The molecule has 0 radical (unpaired) electrons. The van der Waals surface area contributed by atoms with Crippen molar-refractivity contribution in [1.29, 1.82) is 0 Å². The summed E-state index contributed by atoms with van der Waals surface area (Å²) in [5, 5.41) is 5.24. The lowest BCUT2D eigenvalue weighted by Gasteiger charge is -2.17. The van der Waals surface area contributed by atoms with Crippen molar-refractivity contribution >= 4 is 34.8 Å². The topological polar surface area (TPSA) is 78.5 Å². The molecule has 3 amide bonds. The molecule has 0 atom stereocenters. The quantitative estimate of drug-likeness (QED) is 0.581. The second-order valence-corrected chi connectivity index (χ2v) is 7.73. The Morgan fingerprint density at radius 3 is 2.39 bits per heavy atom. The number of aryl methyl sites for hydroxylation is 1. The summed E-state index contributed by atoms with van der Waals surface area (Å²) in [6.45, 7) is 2.21. The van der Waals surface area contributed by atoms with Gasteiger partial charge in [-0.2, -0.15) is 0 Å². The van der Waals surface area contributed by atoms with Crippen LogP contribution in [0.15, 0.2) is 60.7 Å². The summed E-state index contributed by atoms with van der Waals surface area (Å²) in [4.78, 5) is 38.4. The van der Waals surface area contributed by atoms with Crippen molar-refractivity contribution in [2.75, 3.05) is 22.1 Å². The number of amides is 3. The van der Waals surface area contributed by atoms with Crippen LogP contribution in [0.1, 0.15) is 39.1 Å². The van der Waals surface area contributed by atoms with E-state index in [4.69, 9.17) is 0 Å². The predicted molar refractivity (Wildman–Crippen MR) is 121 cm³/mol. The first-order valence-electron chi connectivity index (χ1n) is 10.4. The number of hydrogen-bond acceptors (Lipinski definition) is 3. The van der Waals surface area contributed by atoms with Crippen LogP contribution in [0.4, 0.5) is 25.8 Å². The van der Waals surface area contributed by atoms with E-state index in [-0.39, 0.29) is 28.4 Å². The number of anilines is 3. The number of nitrogens with zero attached hydrogens (tertiary/aromatic N) is 1. The molecule has 1 saturated heterocycles. The van der Waals surface area contributed by atoms with Gasteiger partial charge in [-0.15, -0.1) is 0 Å². The lowest BCUT2D eigenvalue weighted by molar-refractivity contribution is -0.117. The Morgan fingerprint density at radius 2 is 1.70 bits per heavy atom. The molecule has 33 heavy (non-hydrogen) atoms. The summed E-state index contributed by atoms with van der Waals surface area (Å²) in [5.41, 5.74) is 1.56. The summed E-state index contributed by atoms with van der Waals surface area (Å²) >= 11 is 0. The molecule has 168 valence electrons. The van der Waals surface area contributed by atoms with E-state index < -0.39 is 23.4 Å². The third-order valence-electron chi connectivity index (χ3n) is 5.44. The number of hydrogen-bond donors (Lipinski definition) is 2. The minimum absolute atomic E-state index is 0.112. The van der Waals surface area contributed by atoms with Crippen LogP contribution >= 0.6 is 0 Å². The molecule has 0 saturated carbocycles. The zero-order valence-corrected chi connectivity index (χ0v) is 17.8. The van der Waals surface area contributed by atoms with Gasteiger partial charge in [-0.05, 0) is 61.4 Å². The zero-order valence-electron chi connectivity index (χ0n) is 17.8. The molecule has 8 heteroatoms. The molecule has 1 aliphatic heterocycles. The van der Waals surface area contributed by atoms with Gasteiger partial charge in [0.25, 0.3) is 11.8 Å². The SMILES string of the molecule is Cc1ccc(C(=O)Nc2ccc(N3CCCC3=O)c(F)c2)cc1NC(=O)c1ccccc1F. The highest BCUT2D eigenvalue weighted by molar-refractivity contribution is 6.08. The van der Waals surface area contributed by atoms with Crippen LogP contribution in [-0.4, -0.2) is 24.3 Å². The number of benzene rings is 3. The fourth-order valence-corrected chi connectivity index (χ4v) is 3.64. The van der Waals surface area contributed by atoms with Crippen LogP contribution in [0.2, 0.25) is 0 Å². The Bertz CT molecular complexity index is 1260. The first-order chi connectivity index (χ1) is 15.8. The van der Waals surface area contributed by atoms with Gasteiger partial charge in [-0.3, -0.25) is 14.4 Å². The summed E-state index contributed by atoms with van der Waals surface area (Å²) in [7, 11) is 0. The van der Waals surface area contributed by atoms with Crippen LogP contribution in [0.3, 0.4) is 0 Å². The summed E-state index contributed by atoms with van der Waals surface area (Å²) in [6, 6.07) is 14.4. The second kappa shape index (κ2) is 9.20. The van der Waals surface area contributed by atoms with Crippen molar-refractivity contribution in [3.05, 3.63) is 89.0 Å². The summed E-state index contributed by atoms with van der Waals surface area (Å²) < 4.78 is 28.5. The number of halogens is 2. The zero-order chi connectivity index (χ0) is 23.5. The molecule has 1 aliphatic rings. The van der Waals surface area contributed by atoms with E-state index in [0.29, 0.717) is 30.6 Å². The lowest BCUT2D eigenvalue weighted by atomic mass is 10.1. The number of carbonyl (C=O) groups is 3. The Balaban J connectivity index is 1.50. The molecular weight excluding hydrogens is 428 g/mol. The molecule has 4 rings (SSSR count). The second-order valence-electron chi connectivity index (χ2n) is 7.73. The highest BCUT2D eigenvalue weighted by atomic mass is 19.1. The summed E-state index contributed by atoms with van der Waals surface area (Å²) in [6.07, 6.45) is 1.07. The molecule has 3 aromatic carbocycles. The van der Waals surface area contributed by atoms with Crippen molar-refractivity contribution < 1.29 is 23.2 Å². The standard InChI is InChI=1S/C25H21F2N3O3/c1-15-8-9-16(13-21(15)29-25(33)18-5-2-3-6-19(18)26)24(32)28-17-10-11-22(20(27)14-17)30-12-4-7-23(30)31/h2-3,5-6,8-11,13-14H,4,7,12H2,1H3,(H,28,32)(H,29,33). The molecule has 0 unspecified atom stereocenters. The molecule has 2 N–H and O–H groups in total. The lowest BCUT2D eigenvalue weighted by Crippen LogP contribution is -2.24. The van der Waals surface area contributed by atoms with E-state index in [9.17, 15) is 23.2 Å². The predicted octanol–water partition coefficient (Wildman–Crippen LogP) is 4.90. The first kappa shape index (κ1) is 22.1. The monoisotopic (exact) mass is 449 g/mol. The third kappa shape index (κ3) is 4.74. The fourth-order valence-electron chi connectivity index (χ4n) is 3.64. The fraction of sp³-hybridized carbons (Fsp3) is 0.160. The molecule has 1 fully saturated rings. The van der Waals surface area contributed by atoms with Crippen molar-refractivity contribution in [3.63, 3.8) is 0 Å². The van der Waals surface area contributed by atoms with E-state index in [1.807, 2.05) is 0 Å². The Hall–Kier alpha value is -4.07. The van der Waals surface area contributed by atoms with Crippen LogP contribution in [0.25, 0.3) is 0 Å². The van der Waals surface area contributed by atoms with E-state index >= 15 is 0 Å². The number of rotatable bonds is 5. The van der Waals surface area contributed by atoms with Gasteiger partial charge in [0.2, 0.25) is 5.91 Å². The Morgan fingerprint density at radius 1 is 0.909 bits per heavy atom.